The molecule has 2 heteroatoms. The third kappa shape index (κ3) is 3.13. The zero-order chi connectivity index (χ0) is 16.1. The van der Waals surface area contributed by atoms with Crippen LogP contribution in [0.4, 0.5) is 0 Å². The third-order valence-electron chi connectivity index (χ3n) is 3.97. The van der Waals surface area contributed by atoms with Crippen molar-refractivity contribution >= 4 is 0 Å². The largest absolute Gasteiger partial charge is 0.496 e. The van der Waals surface area contributed by atoms with Gasteiger partial charge in [0, 0.05) is 12.2 Å². The Labute approximate surface area is 137 Å². The number of ether oxygens (including phenoxy) is 1. The van der Waals surface area contributed by atoms with Crippen molar-refractivity contribution in [3.63, 3.8) is 0 Å². The van der Waals surface area contributed by atoms with E-state index in [0.29, 0.717) is 6.42 Å². The van der Waals surface area contributed by atoms with Crippen molar-refractivity contribution in [2.45, 2.75) is 6.42 Å². The van der Waals surface area contributed by atoms with E-state index >= 15 is 0 Å². The average Bonchev–Trinajstić information content (AvgIpc) is 2.63. The van der Waals surface area contributed by atoms with E-state index in [-0.39, 0.29) is 6.61 Å². The molecule has 0 aliphatic heterocycles. The van der Waals surface area contributed by atoms with Crippen LogP contribution in [0.3, 0.4) is 0 Å². The average molecular weight is 304 g/mol. The first-order valence-corrected chi connectivity index (χ1v) is 7.76. The van der Waals surface area contributed by atoms with E-state index in [9.17, 15) is 5.11 Å². The maximum atomic E-state index is 9.33. The molecular formula is C21H20O2. The highest BCUT2D eigenvalue weighted by molar-refractivity contribution is 5.88. The van der Waals surface area contributed by atoms with Crippen molar-refractivity contribution in [3.05, 3.63) is 78.4 Å². The van der Waals surface area contributed by atoms with Gasteiger partial charge in [-0.05, 0) is 28.7 Å². The number of rotatable bonds is 5. The second-order valence-corrected chi connectivity index (χ2v) is 5.39. The fourth-order valence-corrected chi connectivity index (χ4v) is 2.93. The molecule has 0 amide bonds. The van der Waals surface area contributed by atoms with Crippen molar-refractivity contribution < 1.29 is 9.84 Å². The number of aliphatic hydroxyl groups is 1. The minimum Gasteiger partial charge on any atom is -0.496 e. The second kappa shape index (κ2) is 7.12. The van der Waals surface area contributed by atoms with Gasteiger partial charge in [-0.15, -0.1) is 0 Å². The Morgan fingerprint density at radius 1 is 0.783 bits per heavy atom. The Kier molecular flexibility index (Phi) is 4.74. The van der Waals surface area contributed by atoms with Crippen LogP contribution in [0.25, 0.3) is 22.3 Å². The van der Waals surface area contributed by atoms with Gasteiger partial charge in [0.2, 0.25) is 0 Å². The minimum absolute atomic E-state index is 0.106. The zero-order valence-corrected chi connectivity index (χ0v) is 13.2. The van der Waals surface area contributed by atoms with Gasteiger partial charge < -0.3 is 9.84 Å². The first kappa shape index (κ1) is 15.3. The number of benzene rings is 3. The highest BCUT2D eigenvalue weighted by Crippen LogP contribution is 2.41. The fourth-order valence-electron chi connectivity index (χ4n) is 2.93. The highest BCUT2D eigenvalue weighted by atomic mass is 16.5. The van der Waals surface area contributed by atoms with Crippen LogP contribution in [-0.4, -0.2) is 18.8 Å². The molecule has 0 saturated heterocycles. The summed E-state index contributed by atoms with van der Waals surface area (Å²) in [6, 6.07) is 24.7. The van der Waals surface area contributed by atoms with Crippen molar-refractivity contribution in [2.75, 3.05) is 13.7 Å². The van der Waals surface area contributed by atoms with Gasteiger partial charge in [0.25, 0.3) is 0 Å². The Bertz CT molecular complexity index is 765. The van der Waals surface area contributed by atoms with Gasteiger partial charge in [-0.2, -0.15) is 0 Å². The lowest BCUT2D eigenvalue weighted by Crippen LogP contribution is -1.99. The monoisotopic (exact) mass is 304 g/mol. The summed E-state index contributed by atoms with van der Waals surface area (Å²) < 4.78 is 5.73. The van der Waals surface area contributed by atoms with E-state index in [1.54, 1.807) is 7.11 Å². The molecule has 0 aromatic heterocycles. The maximum Gasteiger partial charge on any atom is 0.130 e. The van der Waals surface area contributed by atoms with Crippen LogP contribution in [0.1, 0.15) is 5.56 Å². The molecule has 3 aromatic rings. The maximum absolute atomic E-state index is 9.33. The summed E-state index contributed by atoms with van der Waals surface area (Å²) in [6.07, 6.45) is 0.581. The summed E-state index contributed by atoms with van der Waals surface area (Å²) in [4.78, 5) is 0. The standard InChI is InChI=1S/C21H20O2/c1-23-21-18(14-15-22)12-13-19(16-8-4-2-5-9-16)20(21)17-10-6-3-7-11-17/h2-13,22H,14-15H2,1H3. The molecule has 3 aromatic carbocycles. The van der Waals surface area contributed by atoms with Gasteiger partial charge in [-0.3, -0.25) is 0 Å². The normalized spacial score (nSPS) is 10.5. The number of methoxy groups -OCH3 is 1. The molecule has 0 saturated carbocycles. The lowest BCUT2D eigenvalue weighted by Gasteiger charge is -2.18. The number of hydrogen-bond donors (Lipinski definition) is 1. The molecule has 0 atom stereocenters. The smallest absolute Gasteiger partial charge is 0.130 e. The van der Waals surface area contributed by atoms with Crippen LogP contribution >= 0.6 is 0 Å². The minimum atomic E-state index is 0.106. The zero-order valence-electron chi connectivity index (χ0n) is 13.2. The summed E-state index contributed by atoms with van der Waals surface area (Å²) in [7, 11) is 1.69. The van der Waals surface area contributed by atoms with E-state index in [0.717, 1.165) is 33.6 Å². The predicted molar refractivity (Wildman–Crippen MR) is 94.7 cm³/mol. The van der Waals surface area contributed by atoms with E-state index in [1.807, 2.05) is 42.5 Å². The summed E-state index contributed by atoms with van der Waals surface area (Å²) >= 11 is 0. The van der Waals surface area contributed by atoms with Gasteiger partial charge in [0.05, 0.1) is 7.11 Å². The van der Waals surface area contributed by atoms with Crippen LogP contribution in [-0.2, 0) is 6.42 Å². The molecule has 0 unspecified atom stereocenters. The Hall–Kier alpha value is -2.58. The topological polar surface area (TPSA) is 29.5 Å². The summed E-state index contributed by atoms with van der Waals surface area (Å²) in [5, 5.41) is 9.33. The summed E-state index contributed by atoms with van der Waals surface area (Å²) in [5.41, 5.74) is 5.50. The van der Waals surface area contributed by atoms with Crippen molar-refractivity contribution in [2.24, 2.45) is 0 Å². The SMILES string of the molecule is COc1c(CCO)ccc(-c2ccccc2)c1-c1ccccc1. The first-order chi connectivity index (χ1) is 11.3. The van der Waals surface area contributed by atoms with E-state index < -0.39 is 0 Å². The van der Waals surface area contributed by atoms with Gasteiger partial charge in [0.15, 0.2) is 0 Å². The lowest BCUT2D eigenvalue weighted by atomic mass is 9.91. The molecule has 0 spiro atoms. The second-order valence-electron chi connectivity index (χ2n) is 5.39. The van der Waals surface area contributed by atoms with Crippen molar-refractivity contribution in [1.82, 2.24) is 0 Å². The van der Waals surface area contributed by atoms with Crippen LogP contribution in [0.2, 0.25) is 0 Å². The van der Waals surface area contributed by atoms with Gasteiger partial charge in [-0.25, -0.2) is 0 Å². The van der Waals surface area contributed by atoms with E-state index in [2.05, 4.69) is 30.3 Å². The van der Waals surface area contributed by atoms with Crippen molar-refractivity contribution in [1.29, 1.82) is 0 Å². The molecule has 1 N–H and O–H groups in total. The fraction of sp³-hybridized carbons (Fsp3) is 0.143. The lowest BCUT2D eigenvalue weighted by molar-refractivity contribution is 0.297. The quantitative estimate of drug-likeness (QED) is 0.748. The van der Waals surface area contributed by atoms with Crippen LogP contribution in [0, 0.1) is 0 Å². The van der Waals surface area contributed by atoms with Gasteiger partial charge in [0.1, 0.15) is 5.75 Å². The molecule has 0 aliphatic carbocycles. The molecule has 0 bridgehead atoms. The molecule has 0 radical (unpaired) electrons. The molecule has 2 nitrogen and oxygen atoms in total. The van der Waals surface area contributed by atoms with Crippen LogP contribution in [0.15, 0.2) is 72.8 Å². The molecule has 116 valence electrons. The molecule has 0 aliphatic rings. The molecule has 23 heavy (non-hydrogen) atoms. The van der Waals surface area contributed by atoms with Crippen LogP contribution < -0.4 is 4.74 Å². The molecular weight excluding hydrogens is 284 g/mol. The van der Waals surface area contributed by atoms with E-state index in [1.165, 1.54) is 0 Å². The molecule has 3 rings (SSSR count). The van der Waals surface area contributed by atoms with E-state index in [4.69, 9.17) is 4.74 Å². The Morgan fingerprint density at radius 2 is 1.39 bits per heavy atom. The van der Waals surface area contributed by atoms with Crippen molar-refractivity contribution in [3.8, 4) is 28.0 Å². The Balaban J connectivity index is 2.28. The Morgan fingerprint density at radius 3 is 1.96 bits per heavy atom. The van der Waals surface area contributed by atoms with Crippen LogP contribution in [0.5, 0.6) is 5.75 Å². The number of hydrogen-bond acceptors (Lipinski definition) is 2. The summed E-state index contributed by atoms with van der Waals surface area (Å²) in [6.45, 7) is 0.106. The summed E-state index contributed by atoms with van der Waals surface area (Å²) in [5.74, 6) is 0.839. The van der Waals surface area contributed by atoms with Gasteiger partial charge >= 0.3 is 0 Å². The molecule has 0 heterocycles. The highest BCUT2D eigenvalue weighted by Gasteiger charge is 2.16. The third-order valence-corrected chi connectivity index (χ3v) is 3.97. The number of aliphatic hydroxyl groups excluding tert-OH is 1. The van der Waals surface area contributed by atoms with Gasteiger partial charge in [-0.1, -0.05) is 72.8 Å². The predicted octanol–water partition coefficient (Wildman–Crippen LogP) is 4.56. The molecule has 0 fully saturated rings. The first-order valence-electron chi connectivity index (χ1n) is 7.76.